The standard InChI is InChI=1S/C30H31Cl3N4O/c31-25-5-1-23(2-6-25)3-10-29(21-36-14-13-34-22-36)38-28-11-8-27(9-12-28)37-17-15-35(16-18-37)20-24-4-7-26(32)19-30(24)33/h1-2,4-9,11-14,19,22,29H,3,10,15-18,20-21H2. The van der Waals surface area contributed by atoms with Crippen molar-refractivity contribution in [3.8, 4) is 5.75 Å². The van der Waals surface area contributed by atoms with Crippen LogP contribution in [0.4, 0.5) is 5.69 Å². The first-order valence-electron chi connectivity index (χ1n) is 12.9. The lowest BCUT2D eigenvalue weighted by atomic mass is 10.1. The number of aromatic nitrogens is 2. The number of piperazine rings is 1. The summed E-state index contributed by atoms with van der Waals surface area (Å²) in [5, 5.41) is 2.16. The molecule has 1 saturated heterocycles. The summed E-state index contributed by atoms with van der Waals surface area (Å²) in [7, 11) is 0. The summed E-state index contributed by atoms with van der Waals surface area (Å²) in [6.07, 6.45) is 7.44. The van der Waals surface area contributed by atoms with E-state index in [-0.39, 0.29) is 6.10 Å². The summed E-state index contributed by atoms with van der Waals surface area (Å²) in [4.78, 5) is 9.04. The lowest BCUT2D eigenvalue weighted by molar-refractivity contribution is 0.170. The SMILES string of the molecule is Clc1ccc(CCC(Cn2ccnc2)Oc2ccc(N3CCN(Cc4ccc(Cl)cc4Cl)CC3)cc2)cc1. The number of ether oxygens (including phenoxy) is 1. The second-order valence-electron chi connectivity index (χ2n) is 9.66. The molecule has 38 heavy (non-hydrogen) atoms. The fourth-order valence-electron chi connectivity index (χ4n) is 4.78. The smallest absolute Gasteiger partial charge is 0.119 e. The van der Waals surface area contributed by atoms with Gasteiger partial charge in [-0.3, -0.25) is 4.90 Å². The summed E-state index contributed by atoms with van der Waals surface area (Å²) in [5.74, 6) is 0.881. The van der Waals surface area contributed by atoms with Gasteiger partial charge in [0.05, 0.1) is 12.9 Å². The van der Waals surface area contributed by atoms with Gasteiger partial charge >= 0.3 is 0 Å². The maximum absolute atomic E-state index is 6.46. The molecule has 5 rings (SSSR count). The van der Waals surface area contributed by atoms with Crippen molar-refractivity contribution in [3.63, 3.8) is 0 Å². The fraction of sp³-hybridized carbons (Fsp3) is 0.300. The maximum Gasteiger partial charge on any atom is 0.119 e. The van der Waals surface area contributed by atoms with Crippen LogP contribution in [0.2, 0.25) is 15.1 Å². The van der Waals surface area contributed by atoms with E-state index in [9.17, 15) is 0 Å². The highest BCUT2D eigenvalue weighted by Gasteiger charge is 2.19. The molecule has 1 aliphatic rings. The van der Waals surface area contributed by atoms with Gasteiger partial charge in [0.2, 0.25) is 0 Å². The van der Waals surface area contributed by atoms with Gasteiger partial charge in [-0.15, -0.1) is 0 Å². The molecule has 1 aliphatic heterocycles. The molecule has 4 aromatic rings. The molecule has 1 fully saturated rings. The normalized spacial score (nSPS) is 15.0. The number of nitrogens with zero attached hydrogens (tertiary/aromatic N) is 4. The summed E-state index contributed by atoms with van der Waals surface area (Å²) in [5.41, 5.74) is 3.59. The van der Waals surface area contributed by atoms with Crippen molar-refractivity contribution >= 4 is 40.5 Å². The Kier molecular flexibility index (Phi) is 9.13. The van der Waals surface area contributed by atoms with E-state index in [2.05, 4.69) is 55.7 Å². The van der Waals surface area contributed by atoms with Crippen LogP contribution in [-0.4, -0.2) is 46.7 Å². The molecular weight excluding hydrogens is 539 g/mol. The number of hydrogen-bond acceptors (Lipinski definition) is 4. The second kappa shape index (κ2) is 12.9. The van der Waals surface area contributed by atoms with Crippen molar-refractivity contribution in [2.75, 3.05) is 31.1 Å². The zero-order valence-electron chi connectivity index (χ0n) is 21.1. The topological polar surface area (TPSA) is 33.5 Å². The molecule has 1 atom stereocenters. The predicted octanol–water partition coefficient (Wildman–Crippen LogP) is 7.25. The number of halogens is 3. The number of aryl methyl sites for hydroxylation is 1. The van der Waals surface area contributed by atoms with E-state index in [0.29, 0.717) is 5.02 Å². The quantitative estimate of drug-likeness (QED) is 0.201. The van der Waals surface area contributed by atoms with Crippen LogP contribution in [0.1, 0.15) is 17.5 Å². The molecule has 0 aliphatic carbocycles. The minimum atomic E-state index is 0.0222. The van der Waals surface area contributed by atoms with Gasteiger partial charge in [-0.2, -0.15) is 0 Å². The van der Waals surface area contributed by atoms with Gasteiger partial charge in [-0.05, 0) is 72.5 Å². The highest BCUT2D eigenvalue weighted by Crippen LogP contribution is 2.25. The monoisotopic (exact) mass is 568 g/mol. The molecule has 2 heterocycles. The Bertz CT molecular complexity index is 1290. The lowest BCUT2D eigenvalue weighted by Gasteiger charge is -2.36. The molecule has 3 aromatic carbocycles. The van der Waals surface area contributed by atoms with E-state index in [1.165, 1.54) is 11.3 Å². The van der Waals surface area contributed by atoms with Crippen LogP contribution in [0.5, 0.6) is 5.75 Å². The zero-order valence-corrected chi connectivity index (χ0v) is 23.4. The van der Waals surface area contributed by atoms with Gasteiger partial charge < -0.3 is 14.2 Å². The molecule has 0 spiro atoms. The molecule has 0 radical (unpaired) electrons. The Labute approximate surface area is 239 Å². The number of imidazole rings is 1. The first kappa shape index (κ1) is 26.9. The Morgan fingerprint density at radius 2 is 1.58 bits per heavy atom. The molecule has 0 N–H and O–H groups in total. The fourth-order valence-corrected chi connectivity index (χ4v) is 5.37. The third-order valence-electron chi connectivity index (χ3n) is 6.93. The highest BCUT2D eigenvalue weighted by atomic mass is 35.5. The largest absolute Gasteiger partial charge is 0.489 e. The Morgan fingerprint density at radius 3 is 2.26 bits per heavy atom. The molecule has 0 bridgehead atoms. The van der Waals surface area contributed by atoms with Crippen LogP contribution in [0.3, 0.4) is 0 Å². The number of rotatable bonds is 10. The summed E-state index contributed by atoms with van der Waals surface area (Å²) >= 11 is 18.5. The van der Waals surface area contributed by atoms with Crippen molar-refractivity contribution in [1.29, 1.82) is 0 Å². The van der Waals surface area contributed by atoms with Crippen LogP contribution in [0, 0.1) is 0 Å². The summed E-state index contributed by atoms with van der Waals surface area (Å²) in [6.45, 7) is 5.48. The average Bonchev–Trinajstić information content (AvgIpc) is 3.44. The van der Waals surface area contributed by atoms with Crippen LogP contribution in [-0.2, 0) is 19.5 Å². The molecule has 198 valence electrons. The van der Waals surface area contributed by atoms with E-state index < -0.39 is 0 Å². The third kappa shape index (κ3) is 7.45. The van der Waals surface area contributed by atoms with Crippen molar-refractivity contribution in [2.45, 2.75) is 32.0 Å². The van der Waals surface area contributed by atoms with E-state index in [1.807, 2.05) is 42.9 Å². The van der Waals surface area contributed by atoms with Gasteiger partial charge in [0.25, 0.3) is 0 Å². The average molecular weight is 570 g/mol. The van der Waals surface area contributed by atoms with Gasteiger partial charge in [-0.25, -0.2) is 4.98 Å². The molecule has 1 unspecified atom stereocenters. The van der Waals surface area contributed by atoms with Crippen LogP contribution in [0.25, 0.3) is 0 Å². The third-order valence-corrected chi connectivity index (χ3v) is 7.77. The Morgan fingerprint density at radius 1 is 0.842 bits per heavy atom. The number of anilines is 1. The molecule has 0 saturated carbocycles. The molecular formula is C30H31Cl3N4O. The van der Waals surface area contributed by atoms with Crippen molar-refractivity contribution < 1.29 is 4.74 Å². The van der Waals surface area contributed by atoms with Gasteiger partial charge in [-0.1, -0.05) is 53.0 Å². The number of hydrogen-bond donors (Lipinski definition) is 0. The van der Waals surface area contributed by atoms with Crippen LogP contribution < -0.4 is 9.64 Å². The van der Waals surface area contributed by atoms with Crippen LogP contribution >= 0.6 is 34.8 Å². The predicted molar refractivity (Wildman–Crippen MR) is 157 cm³/mol. The molecule has 0 amide bonds. The summed E-state index contributed by atoms with van der Waals surface area (Å²) in [6, 6.07) is 22.3. The Hall–Kier alpha value is -2.70. The summed E-state index contributed by atoms with van der Waals surface area (Å²) < 4.78 is 8.52. The lowest BCUT2D eigenvalue weighted by Crippen LogP contribution is -2.46. The first-order chi connectivity index (χ1) is 18.5. The molecule has 8 heteroatoms. The van der Waals surface area contributed by atoms with Crippen molar-refractivity contribution in [3.05, 3.63) is 112 Å². The molecule has 5 nitrogen and oxygen atoms in total. The number of benzene rings is 3. The maximum atomic E-state index is 6.46. The molecule has 1 aromatic heterocycles. The minimum Gasteiger partial charge on any atom is -0.489 e. The van der Waals surface area contributed by atoms with E-state index in [1.54, 1.807) is 6.20 Å². The Balaban J connectivity index is 1.16. The minimum absolute atomic E-state index is 0.0222. The van der Waals surface area contributed by atoms with Gasteiger partial charge in [0.15, 0.2) is 0 Å². The van der Waals surface area contributed by atoms with Crippen molar-refractivity contribution in [2.24, 2.45) is 0 Å². The van der Waals surface area contributed by atoms with Crippen molar-refractivity contribution in [1.82, 2.24) is 14.5 Å². The second-order valence-corrected chi connectivity index (χ2v) is 10.9. The zero-order chi connectivity index (χ0) is 26.3. The van der Waals surface area contributed by atoms with Crippen LogP contribution in [0.15, 0.2) is 85.5 Å². The van der Waals surface area contributed by atoms with E-state index in [4.69, 9.17) is 39.5 Å². The van der Waals surface area contributed by atoms with E-state index >= 15 is 0 Å². The van der Waals surface area contributed by atoms with Gasteiger partial charge in [0.1, 0.15) is 11.9 Å². The van der Waals surface area contributed by atoms with E-state index in [0.717, 1.165) is 73.5 Å². The van der Waals surface area contributed by atoms with Gasteiger partial charge in [0, 0.05) is 65.9 Å². The highest BCUT2D eigenvalue weighted by molar-refractivity contribution is 6.35. The first-order valence-corrected chi connectivity index (χ1v) is 14.0.